The van der Waals surface area contributed by atoms with E-state index in [-0.39, 0.29) is 29.4 Å². The van der Waals surface area contributed by atoms with Crippen LogP contribution in [-0.2, 0) is 9.47 Å². The second-order valence-corrected chi connectivity index (χ2v) is 8.77. The van der Waals surface area contributed by atoms with Crippen LogP contribution in [0.25, 0.3) is 10.8 Å². The van der Waals surface area contributed by atoms with Crippen LogP contribution < -0.4 is 10.9 Å². The molecule has 2 N–H and O–H groups in total. The van der Waals surface area contributed by atoms with Crippen molar-refractivity contribution < 1.29 is 18.7 Å². The number of rotatable bonds is 5. The largest absolute Gasteiger partial charge is 0.350 e. The first kappa shape index (κ1) is 22.9. The number of nitrogens with one attached hydrogen (secondary N) is 2. The molecule has 33 heavy (non-hydrogen) atoms. The number of ether oxygens (including phenoxy) is 2. The van der Waals surface area contributed by atoms with E-state index in [9.17, 15) is 14.0 Å². The predicted octanol–water partition coefficient (Wildman–Crippen LogP) is 4.66. The van der Waals surface area contributed by atoms with Gasteiger partial charge in [0, 0.05) is 29.7 Å². The Morgan fingerprint density at radius 1 is 1.15 bits per heavy atom. The van der Waals surface area contributed by atoms with Crippen LogP contribution in [0.3, 0.4) is 0 Å². The Balaban J connectivity index is 1.64. The Kier molecular flexibility index (Phi) is 6.49. The van der Waals surface area contributed by atoms with Gasteiger partial charge in [0.2, 0.25) is 0 Å². The fraction of sp³-hybridized carbons (Fsp3) is 0.360. The molecule has 0 radical (unpaired) electrons. The van der Waals surface area contributed by atoms with Gasteiger partial charge in [0.1, 0.15) is 5.82 Å². The lowest BCUT2D eigenvalue weighted by Gasteiger charge is -2.38. The molecule has 0 bridgehead atoms. The van der Waals surface area contributed by atoms with E-state index in [1.165, 1.54) is 24.3 Å². The van der Waals surface area contributed by atoms with Crippen molar-refractivity contribution in [1.82, 2.24) is 9.88 Å². The van der Waals surface area contributed by atoms with Gasteiger partial charge in [-0.15, -0.1) is 0 Å². The Morgan fingerprint density at radius 3 is 2.45 bits per heavy atom. The highest BCUT2D eigenvalue weighted by atomic mass is 19.1. The number of aromatic amines is 1. The number of benzene rings is 2. The Bertz CT molecular complexity index is 1180. The molecule has 2 heterocycles. The van der Waals surface area contributed by atoms with Crippen molar-refractivity contribution in [2.45, 2.75) is 32.6 Å². The molecule has 1 aliphatic heterocycles. The summed E-state index contributed by atoms with van der Waals surface area (Å²) in [5, 5.41) is 4.20. The van der Waals surface area contributed by atoms with E-state index in [0.717, 1.165) is 10.9 Å². The molecule has 8 heteroatoms. The third-order valence-corrected chi connectivity index (χ3v) is 5.90. The summed E-state index contributed by atoms with van der Waals surface area (Å²) in [5.74, 6) is -1.07. The summed E-state index contributed by atoms with van der Waals surface area (Å²) in [6.07, 6.45) is 1.66. The van der Waals surface area contributed by atoms with Crippen molar-refractivity contribution in [2.24, 2.45) is 5.92 Å². The van der Waals surface area contributed by atoms with Crippen molar-refractivity contribution in [1.29, 1.82) is 0 Å². The van der Waals surface area contributed by atoms with Crippen molar-refractivity contribution in [3.63, 3.8) is 0 Å². The van der Waals surface area contributed by atoms with Gasteiger partial charge in [-0.1, -0.05) is 18.2 Å². The minimum absolute atomic E-state index is 0.0338. The second-order valence-electron chi connectivity index (χ2n) is 8.77. The summed E-state index contributed by atoms with van der Waals surface area (Å²) in [7, 11) is 0. The number of carbonyl (C=O) groups is 1. The van der Waals surface area contributed by atoms with Crippen molar-refractivity contribution in [3.05, 3.63) is 76.5 Å². The molecular formula is C25H28FN3O4. The lowest BCUT2D eigenvalue weighted by Crippen LogP contribution is -2.47. The number of H-pyrrole nitrogens is 1. The Hall–Kier alpha value is -3.23. The standard InChI is InChI=1S/C25H28FN3O4/c1-16(22-12-27-23(30)21-7-5-4-6-20(21)22)29(13-17-14-32-25(2,3)33-15-17)24(31)28-19-10-8-18(26)9-11-19/h4-12,16-17H,13-15H2,1-3H3,(H,27,30)(H,28,31). The number of hydrogen-bond acceptors (Lipinski definition) is 4. The molecule has 1 saturated heterocycles. The van der Waals surface area contributed by atoms with E-state index in [0.29, 0.717) is 30.8 Å². The topological polar surface area (TPSA) is 83.7 Å². The molecule has 1 atom stereocenters. The van der Waals surface area contributed by atoms with Gasteiger partial charge in [0.15, 0.2) is 5.79 Å². The van der Waals surface area contributed by atoms with Crippen molar-refractivity contribution in [3.8, 4) is 0 Å². The molecule has 1 aromatic heterocycles. The number of hydrogen-bond donors (Lipinski definition) is 2. The van der Waals surface area contributed by atoms with E-state index in [2.05, 4.69) is 10.3 Å². The zero-order chi connectivity index (χ0) is 23.6. The number of fused-ring (bicyclic) bond motifs is 1. The van der Waals surface area contributed by atoms with Crippen LogP contribution in [0.5, 0.6) is 0 Å². The van der Waals surface area contributed by atoms with Crippen LogP contribution >= 0.6 is 0 Å². The van der Waals surface area contributed by atoms with Gasteiger partial charge in [-0.25, -0.2) is 9.18 Å². The van der Waals surface area contributed by atoms with Crippen molar-refractivity contribution >= 4 is 22.5 Å². The normalized spacial score (nSPS) is 17.0. The molecule has 0 aliphatic carbocycles. The highest BCUT2D eigenvalue weighted by Gasteiger charge is 2.32. The van der Waals surface area contributed by atoms with Gasteiger partial charge in [-0.05, 0) is 62.1 Å². The summed E-state index contributed by atoms with van der Waals surface area (Å²) in [6, 6.07) is 12.2. The zero-order valence-electron chi connectivity index (χ0n) is 18.9. The number of nitrogens with zero attached hydrogens (tertiary/aromatic N) is 1. The van der Waals surface area contributed by atoms with Crippen LogP contribution in [0.2, 0.25) is 0 Å². The van der Waals surface area contributed by atoms with E-state index in [4.69, 9.17) is 9.47 Å². The number of halogens is 1. The van der Waals surface area contributed by atoms with Crippen LogP contribution in [0, 0.1) is 11.7 Å². The van der Waals surface area contributed by atoms with Crippen LogP contribution in [0.4, 0.5) is 14.9 Å². The van der Waals surface area contributed by atoms with Gasteiger partial charge < -0.3 is 24.7 Å². The van der Waals surface area contributed by atoms with E-state index < -0.39 is 5.79 Å². The van der Waals surface area contributed by atoms with Crippen LogP contribution in [0.1, 0.15) is 32.4 Å². The maximum absolute atomic E-state index is 13.4. The summed E-state index contributed by atoms with van der Waals surface area (Å²) in [6.45, 7) is 6.91. The molecule has 1 fully saturated rings. The zero-order valence-corrected chi connectivity index (χ0v) is 18.9. The molecule has 0 saturated carbocycles. The fourth-order valence-electron chi connectivity index (χ4n) is 4.00. The average Bonchev–Trinajstić information content (AvgIpc) is 2.80. The molecule has 1 aliphatic rings. The van der Waals surface area contributed by atoms with E-state index >= 15 is 0 Å². The molecule has 7 nitrogen and oxygen atoms in total. The molecule has 0 spiro atoms. The van der Waals surface area contributed by atoms with Crippen LogP contribution in [0.15, 0.2) is 59.5 Å². The van der Waals surface area contributed by atoms with E-state index in [1.807, 2.05) is 39.0 Å². The number of aromatic nitrogens is 1. The molecule has 2 aromatic carbocycles. The van der Waals surface area contributed by atoms with Gasteiger partial charge in [-0.3, -0.25) is 4.79 Å². The lowest BCUT2D eigenvalue weighted by molar-refractivity contribution is -0.263. The highest BCUT2D eigenvalue weighted by molar-refractivity contribution is 5.90. The second kappa shape index (κ2) is 9.33. The number of anilines is 1. The predicted molar refractivity (Wildman–Crippen MR) is 125 cm³/mol. The van der Waals surface area contributed by atoms with Crippen LogP contribution in [-0.4, -0.2) is 41.5 Å². The highest BCUT2D eigenvalue weighted by Crippen LogP contribution is 2.29. The first-order valence-electron chi connectivity index (χ1n) is 10.9. The number of urea groups is 1. The monoisotopic (exact) mass is 453 g/mol. The summed E-state index contributed by atoms with van der Waals surface area (Å²) >= 11 is 0. The van der Waals surface area contributed by atoms with Gasteiger partial charge in [-0.2, -0.15) is 0 Å². The molecule has 1 unspecified atom stereocenters. The summed E-state index contributed by atoms with van der Waals surface area (Å²) in [5.41, 5.74) is 1.12. The van der Waals surface area contributed by atoms with Gasteiger partial charge >= 0.3 is 6.03 Å². The molecule has 174 valence electrons. The van der Waals surface area contributed by atoms with E-state index in [1.54, 1.807) is 17.2 Å². The first-order valence-corrected chi connectivity index (χ1v) is 10.9. The smallest absolute Gasteiger partial charge is 0.322 e. The van der Waals surface area contributed by atoms with Gasteiger partial charge in [0.05, 0.1) is 19.3 Å². The quantitative estimate of drug-likeness (QED) is 0.589. The third kappa shape index (κ3) is 5.23. The summed E-state index contributed by atoms with van der Waals surface area (Å²) in [4.78, 5) is 30.2. The molecule has 4 rings (SSSR count). The minimum Gasteiger partial charge on any atom is -0.350 e. The molecule has 2 amide bonds. The molecular weight excluding hydrogens is 425 g/mol. The maximum Gasteiger partial charge on any atom is 0.322 e. The Morgan fingerprint density at radius 2 is 1.79 bits per heavy atom. The number of carbonyl (C=O) groups excluding carboxylic acids is 1. The SMILES string of the molecule is CC(c1c[nH]c(=O)c2ccccc12)N(CC1COC(C)(C)OC1)C(=O)Nc1ccc(F)cc1. The molecule has 3 aromatic rings. The fourth-order valence-corrected chi connectivity index (χ4v) is 4.00. The first-order chi connectivity index (χ1) is 15.7. The number of amides is 2. The minimum atomic E-state index is -0.654. The maximum atomic E-state index is 13.4. The third-order valence-electron chi connectivity index (χ3n) is 5.90. The van der Waals surface area contributed by atoms with Gasteiger partial charge in [0.25, 0.3) is 5.56 Å². The summed E-state index contributed by atoms with van der Waals surface area (Å²) < 4.78 is 24.9. The lowest BCUT2D eigenvalue weighted by atomic mass is 10.00. The van der Waals surface area contributed by atoms with Crippen molar-refractivity contribution in [2.75, 3.05) is 25.1 Å². The Labute approximate surface area is 191 Å². The average molecular weight is 454 g/mol. The number of pyridine rings is 1.